The van der Waals surface area contributed by atoms with Gasteiger partial charge in [0.1, 0.15) is 0 Å². The first kappa shape index (κ1) is 19.6. The molecule has 1 N–H and O–H groups in total. The number of amides is 1. The second kappa shape index (κ2) is 7.95. The molecule has 2 aliphatic heterocycles. The summed E-state index contributed by atoms with van der Waals surface area (Å²) in [6.07, 6.45) is 5.20. The van der Waals surface area contributed by atoms with Crippen molar-refractivity contribution in [3.8, 4) is 23.4 Å². The van der Waals surface area contributed by atoms with Gasteiger partial charge in [-0.2, -0.15) is 10.5 Å². The Hall–Kier alpha value is -2.73. The lowest BCUT2D eigenvalue weighted by Crippen LogP contribution is -2.43. The van der Waals surface area contributed by atoms with E-state index < -0.39 is 0 Å². The molecule has 2 saturated heterocycles. The number of nitriles is 2. The number of nitrogens with one attached hydrogen (secondary N) is 1. The van der Waals surface area contributed by atoms with Crippen LogP contribution in [0.2, 0.25) is 10.0 Å². The second-order valence-electron chi connectivity index (χ2n) is 7.43. The minimum Gasteiger partial charge on any atom is -0.347 e. The Morgan fingerprint density at radius 3 is 2.72 bits per heavy atom. The van der Waals surface area contributed by atoms with Gasteiger partial charge in [-0.1, -0.05) is 47.5 Å². The van der Waals surface area contributed by atoms with E-state index in [4.69, 9.17) is 28.5 Å². The maximum absolute atomic E-state index is 12.8. The van der Waals surface area contributed by atoms with E-state index in [0.717, 1.165) is 36.0 Å². The largest absolute Gasteiger partial charge is 0.347 e. The molecule has 0 unspecified atom stereocenters. The molecule has 2 fully saturated rings. The van der Waals surface area contributed by atoms with Gasteiger partial charge in [0, 0.05) is 11.6 Å². The van der Waals surface area contributed by atoms with Crippen LogP contribution >= 0.6 is 23.2 Å². The molecule has 146 valence electrons. The Bertz CT molecular complexity index is 1060. The van der Waals surface area contributed by atoms with Crippen molar-refractivity contribution in [3.05, 3.63) is 57.6 Å². The van der Waals surface area contributed by atoms with Gasteiger partial charge in [-0.3, -0.25) is 4.79 Å². The highest BCUT2D eigenvalue weighted by Gasteiger charge is 2.46. The van der Waals surface area contributed by atoms with Crippen LogP contribution in [0.3, 0.4) is 0 Å². The fraction of sp³-hybridized carbons (Fsp3) is 0.318. The number of rotatable bonds is 4. The summed E-state index contributed by atoms with van der Waals surface area (Å²) in [4.78, 5) is 14.6. The summed E-state index contributed by atoms with van der Waals surface area (Å²) in [5.41, 5.74) is 2.70. The molecule has 5 nitrogen and oxygen atoms in total. The van der Waals surface area contributed by atoms with Gasteiger partial charge in [-0.25, -0.2) is 0 Å². The van der Waals surface area contributed by atoms with E-state index in [1.54, 1.807) is 18.2 Å². The van der Waals surface area contributed by atoms with Crippen LogP contribution < -0.4 is 5.32 Å². The fourth-order valence-electron chi connectivity index (χ4n) is 4.44. The molecule has 2 heterocycles. The second-order valence-corrected chi connectivity index (χ2v) is 8.21. The van der Waals surface area contributed by atoms with Crippen molar-refractivity contribution in [1.29, 1.82) is 10.5 Å². The minimum absolute atomic E-state index is 0.0336. The van der Waals surface area contributed by atoms with Gasteiger partial charge in [0.25, 0.3) is 5.91 Å². The maximum Gasteiger partial charge on any atom is 0.253 e. The van der Waals surface area contributed by atoms with Crippen molar-refractivity contribution in [2.45, 2.75) is 43.8 Å². The van der Waals surface area contributed by atoms with Crippen LogP contribution in [-0.4, -0.2) is 28.9 Å². The van der Waals surface area contributed by atoms with Crippen molar-refractivity contribution in [2.24, 2.45) is 0 Å². The van der Waals surface area contributed by atoms with Crippen LogP contribution in [0.4, 0.5) is 0 Å². The molecule has 4 rings (SSSR count). The summed E-state index contributed by atoms with van der Waals surface area (Å²) in [5.74, 6) is -0.235. The lowest BCUT2D eigenvalue weighted by molar-refractivity contribution is 0.0928. The van der Waals surface area contributed by atoms with E-state index in [1.165, 1.54) is 0 Å². The molecule has 0 spiro atoms. The Morgan fingerprint density at radius 1 is 1.21 bits per heavy atom. The van der Waals surface area contributed by atoms with E-state index in [9.17, 15) is 10.1 Å². The molecule has 0 radical (unpaired) electrons. The van der Waals surface area contributed by atoms with E-state index in [-0.39, 0.29) is 30.5 Å². The summed E-state index contributed by atoms with van der Waals surface area (Å²) in [7, 11) is 0. The normalized spacial score (nSPS) is 22.2. The predicted octanol–water partition coefficient (Wildman–Crippen LogP) is 4.54. The molecule has 1 amide bonds. The highest BCUT2D eigenvalue weighted by atomic mass is 35.5. The van der Waals surface area contributed by atoms with Crippen molar-refractivity contribution in [2.75, 3.05) is 0 Å². The van der Waals surface area contributed by atoms with Crippen LogP contribution in [0.5, 0.6) is 0 Å². The summed E-state index contributed by atoms with van der Waals surface area (Å²) >= 11 is 12.9. The van der Waals surface area contributed by atoms with Crippen LogP contribution in [0, 0.1) is 22.8 Å². The molecule has 2 aliphatic rings. The number of carbonyl (C=O) groups is 1. The molecule has 2 aromatic rings. The first-order chi connectivity index (χ1) is 14.0. The highest BCUT2D eigenvalue weighted by molar-refractivity contribution is 6.35. The number of carbonyl (C=O) groups excluding carboxylic acids is 1. The maximum atomic E-state index is 12.8. The minimum atomic E-state index is -0.235. The summed E-state index contributed by atoms with van der Waals surface area (Å²) in [6.45, 7) is 0. The first-order valence-corrected chi connectivity index (χ1v) is 10.2. The zero-order valence-electron chi connectivity index (χ0n) is 15.5. The number of hydrogen-bond acceptors (Lipinski definition) is 4. The molecular weight excluding hydrogens is 407 g/mol. The SMILES string of the molecule is N#CCc1cccc(-c2ccc(C(=O)N[C@@H]3C[C@@H]4CC[C@H]3N4C#N)c(Cl)c2)c1Cl. The van der Waals surface area contributed by atoms with E-state index >= 15 is 0 Å². The van der Waals surface area contributed by atoms with Crippen LogP contribution in [-0.2, 0) is 6.42 Å². The molecule has 7 heteroatoms. The number of benzene rings is 2. The van der Waals surface area contributed by atoms with E-state index in [0.29, 0.717) is 15.6 Å². The molecule has 0 aliphatic carbocycles. The molecule has 0 aromatic heterocycles. The Morgan fingerprint density at radius 2 is 2.03 bits per heavy atom. The lowest BCUT2D eigenvalue weighted by Gasteiger charge is -2.22. The zero-order valence-corrected chi connectivity index (χ0v) is 17.0. The van der Waals surface area contributed by atoms with Crippen molar-refractivity contribution in [3.63, 3.8) is 0 Å². The topological polar surface area (TPSA) is 79.9 Å². The predicted molar refractivity (Wildman–Crippen MR) is 111 cm³/mol. The average Bonchev–Trinajstić information content (AvgIpc) is 3.26. The zero-order chi connectivity index (χ0) is 20.5. The summed E-state index contributed by atoms with van der Waals surface area (Å²) in [5, 5.41) is 22.1. The summed E-state index contributed by atoms with van der Waals surface area (Å²) < 4.78 is 0. The Labute approximate surface area is 179 Å². The van der Waals surface area contributed by atoms with Gasteiger partial charge in [0.15, 0.2) is 6.19 Å². The van der Waals surface area contributed by atoms with Crippen LogP contribution in [0.25, 0.3) is 11.1 Å². The van der Waals surface area contributed by atoms with Crippen LogP contribution in [0.15, 0.2) is 36.4 Å². The van der Waals surface area contributed by atoms with Gasteiger partial charge >= 0.3 is 0 Å². The van der Waals surface area contributed by atoms with Gasteiger partial charge < -0.3 is 10.2 Å². The third-order valence-electron chi connectivity index (χ3n) is 5.84. The van der Waals surface area contributed by atoms with Gasteiger partial charge in [-0.05, 0) is 42.5 Å². The molecular formula is C22H18Cl2N4O. The number of halogens is 2. The smallest absolute Gasteiger partial charge is 0.253 e. The molecule has 0 saturated carbocycles. The monoisotopic (exact) mass is 424 g/mol. The summed E-state index contributed by atoms with van der Waals surface area (Å²) in [6, 6.07) is 13.1. The number of hydrogen-bond donors (Lipinski definition) is 1. The number of nitrogens with zero attached hydrogens (tertiary/aromatic N) is 3. The third-order valence-corrected chi connectivity index (χ3v) is 6.60. The van der Waals surface area contributed by atoms with Crippen LogP contribution in [0.1, 0.15) is 35.2 Å². The van der Waals surface area contributed by atoms with Gasteiger partial charge in [-0.15, -0.1) is 0 Å². The first-order valence-electron chi connectivity index (χ1n) is 9.46. The van der Waals surface area contributed by atoms with Crippen molar-refractivity contribution in [1.82, 2.24) is 10.2 Å². The molecule has 29 heavy (non-hydrogen) atoms. The Kier molecular flexibility index (Phi) is 5.37. The highest BCUT2D eigenvalue weighted by Crippen LogP contribution is 2.37. The van der Waals surface area contributed by atoms with Crippen molar-refractivity contribution < 1.29 is 4.79 Å². The quantitative estimate of drug-likeness (QED) is 0.730. The lowest BCUT2D eigenvalue weighted by atomic mass is 9.95. The van der Waals surface area contributed by atoms with Crippen molar-refractivity contribution >= 4 is 29.1 Å². The van der Waals surface area contributed by atoms with E-state index in [1.807, 2.05) is 23.1 Å². The average molecular weight is 425 g/mol. The molecule has 3 atom stereocenters. The fourth-order valence-corrected chi connectivity index (χ4v) is 5.01. The standard InChI is InChI=1S/C22H18Cl2N4O/c23-18-10-14(16-3-1-2-13(8-9-25)21(16)24)4-6-17(18)22(29)27-19-11-15-5-7-20(19)28(15)12-26/h1-4,6,10,15,19-20H,5,7-8,11H2,(H,27,29)/t15-,19+,20+/m0/s1. The molecule has 2 bridgehead atoms. The Balaban J connectivity index is 1.54. The van der Waals surface area contributed by atoms with Gasteiger partial charge in [0.2, 0.25) is 0 Å². The third kappa shape index (κ3) is 3.53. The molecule has 2 aromatic carbocycles. The number of fused-ring (bicyclic) bond motifs is 2. The van der Waals surface area contributed by atoms with E-state index in [2.05, 4.69) is 17.6 Å². The van der Waals surface area contributed by atoms with Gasteiger partial charge in [0.05, 0.1) is 40.2 Å².